The molecule has 0 bridgehead atoms. The number of nitrogens with zero attached hydrogens (tertiary/aromatic N) is 3. The predicted octanol–water partition coefficient (Wildman–Crippen LogP) is 1.15. The van der Waals surface area contributed by atoms with E-state index >= 15 is 0 Å². The van der Waals surface area contributed by atoms with Crippen LogP contribution in [0.3, 0.4) is 0 Å². The molecular weight excluding hydrogens is 386 g/mol. The number of carbonyl (C=O) groups is 2. The lowest BCUT2D eigenvalue weighted by atomic mass is 10.2. The highest BCUT2D eigenvalue weighted by Crippen LogP contribution is 2.21. The summed E-state index contributed by atoms with van der Waals surface area (Å²) in [5.74, 6) is 0.303. The van der Waals surface area contributed by atoms with E-state index in [4.69, 9.17) is 9.47 Å². The third-order valence-electron chi connectivity index (χ3n) is 4.48. The third-order valence-corrected chi connectivity index (χ3v) is 5.68. The minimum Gasteiger partial charge on any atom is -0.481 e. The second-order valence-electron chi connectivity index (χ2n) is 6.50. The molecule has 0 saturated carbocycles. The molecule has 0 radical (unpaired) electrons. The van der Waals surface area contributed by atoms with Crippen molar-refractivity contribution in [1.29, 1.82) is 0 Å². The van der Waals surface area contributed by atoms with Gasteiger partial charge in [0, 0.05) is 33.2 Å². The van der Waals surface area contributed by atoms with Crippen LogP contribution < -0.4 is 9.04 Å². The summed E-state index contributed by atoms with van der Waals surface area (Å²) in [5, 5.41) is 0. The second-order valence-corrected chi connectivity index (χ2v) is 8.51. The van der Waals surface area contributed by atoms with E-state index in [-0.39, 0.29) is 12.0 Å². The van der Waals surface area contributed by atoms with Crippen molar-refractivity contribution in [2.45, 2.75) is 20.0 Å². The minimum absolute atomic E-state index is 0.166. The van der Waals surface area contributed by atoms with Gasteiger partial charge in [-0.05, 0) is 38.1 Å². The smallest absolute Gasteiger partial charge is 0.409 e. The van der Waals surface area contributed by atoms with Crippen molar-refractivity contribution in [2.75, 3.05) is 50.4 Å². The molecule has 9 nitrogen and oxygen atoms in total. The van der Waals surface area contributed by atoms with E-state index in [9.17, 15) is 18.0 Å². The molecule has 0 unspecified atom stereocenters. The van der Waals surface area contributed by atoms with Crippen LogP contribution in [0.2, 0.25) is 0 Å². The van der Waals surface area contributed by atoms with Crippen molar-refractivity contribution in [1.82, 2.24) is 9.80 Å². The highest BCUT2D eigenvalue weighted by molar-refractivity contribution is 7.92. The Morgan fingerprint density at radius 2 is 1.64 bits per heavy atom. The average Bonchev–Trinajstić information content (AvgIpc) is 2.67. The van der Waals surface area contributed by atoms with Gasteiger partial charge in [-0.3, -0.25) is 9.10 Å². The summed E-state index contributed by atoms with van der Waals surface area (Å²) in [6, 6.07) is 6.48. The van der Waals surface area contributed by atoms with Gasteiger partial charge in [0.15, 0.2) is 6.10 Å². The van der Waals surface area contributed by atoms with Crippen LogP contribution in [0.1, 0.15) is 13.8 Å². The van der Waals surface area contributed by atoms with E-state index in [1.165, 1.54) is 7.05 Å². The maximum Gasteiger partial charge on any atom is 0.409 e. The third kappa shape index (κ3) is 5.51. The first kappa shape index (κ1) is 21.8. The topological polar surface area (TPSA) is 96.5 Å². The molecule has 0 aliphatic carbocycles. The molecule has 156 valence electrons. The Kier molecular flexibility index (Phi) is 7.11. The Labute approximate surface area is 165 Å². The van der Waals surface area contributed by atoms with Gasteiger partial charge in [0.25, 0.3) is 5.91 Å². The van der Waals surface area contributed by atoms with Crippen LogP contribution in [0.15, 0.2) is 24.3 Å². The quantitative estimate of drug-likeness (QED) is 0.694. The fraction of sp³-hybridized carbons (Fsp3) is 0.556. The Bertz CT molecular complexity index is 788. The fourth-order valence-corrected chi connectivity index (χ4v) is 3.27. The van der Waals surface area contributed by atoms with Crippen molar-refractivity contribution in [2.24, 2.45) is 0 Å². The van der Waals surface area contributed by atoms with Crippen LogP contribution in [0.5, 0.6) is 5.75 Å². The van der Waals surface area contributed by atoms with Gasteiger partial charge >= 0.3 is 6.09 Å². The molecule has 28 heavy (non-hydrogen) atoms. The van der Waals surface area contributed by atoms with Gasteiger partial charge in [0.05, 0.1) is 18.6 Å². The van der Waals surface area contributed by atoms with E-state index in [1.807, 2.05) is 0 Å². The second kappa shape index (κ2) is 9.13. The Morgan fingerprint density at radius 3 is 2.14 bits per heavy atom. The highest BCUT2D eigenvalue weighted by Gasteiger charge is 2.28. The average molecular weight is 413 g/mol. The van der Waals surface area contributed by atoms with Crippen LogP contribution in [-0.2, 0) is 19.6 Å². The van der Waals surface area contributed by atoms with Crippen molar-refractivity contribution < 1.29 is 27.5 Å². The summed E-state index contributed by atoms with van der Waals surface area (Å²) in [7, 11) is -1.87. The zero-order valence-electron chi connectivity index (χ0n) is 16.6. The molecule has 2 rings (SSSR count). The molecule has 2 amide bonds. The number of benzene rings is 1. The molecule has 1 fully saturated rings. The van der Waals surface area contributed by atoms with Crippen molar-refractivity contribution in [3.05, 3.63) is 24.3 Å². The van der Waals surface area contributed by atoms with Crippen LogP contribution in [0.4, 0.5) is 10.5 Å². The molecule has 1 heterocycles. The number of anilines is 1. The first-order valence-electron chi connectivity index (χ1n) is 9.04. The largest absolute Gasteiger partial charge is 0.481 e. The molecule has 1 aliphatic rings. The van der Waals surface area contributed by atoms with E-state index in [2.05, 4.69) is 0 Å². The summed E-state index contributed by atoms with van der Waals surface area (Å²) in [6.07, 6.45) is 0.0607. The molecule has 1 atom stereocenters. The van der Waals surface area contributed by atoms with Gasteiger partial charge in [0.1, 0.15) is 5.75 Å². The van der Waals surface area contributed by atoms with Gasteiger partial charge in [-0.2, -0.15) is 0 Å². The van der Waals surface area contributed by atoms with E-state index in [1.54, 1.807) is 47.9 Å². The van der Waals surface area contributed by atoms with Gasteiger partial charge in [-0.25, -0.2) is 13.2 Å². The molecule has 0 aromatic heterocycles. The number of carbonyl (C=O) groups excluding carboxylic acids is 2. The van der Waals surface area contributed by atoms with Crippen LogP contribution in [0.25, 0.3) is 0 Å². The van der Waals surface area contributed by atoms with E-state index in [0.717, 1.165) is 10.6 Å². The predicted molar refractivity (Wildman–Crippen MR) is 105 cm³/mol. The van der Waals surface area contributed by atoms with E-state index in [0.29, 0.717) is 44.2 Å². The van der Waals surface area contributed by atoms with Crippen LogP contribution >= 0.6 is 0 Å². The normalized spacial score (nSPS) is 15.7. The van der Waals surface area contributed by atoms with Crippen molar-refractivity contribution >= 4 is 27.7 Å². The summed E-state index contributed by atoms with van der Waals surface area (Å²) in [5.41, 5.74) is 0.504. The SMILES string of the molecule is CCOC(=O)N1CCN(C(=O)[C@@H](C)Oc2ccc(N(C)S(C)(=O)=O)cc2)CC1. The number of sulfonamides is 1. The molecule has 0 spiro atoms. The molecule has 1 aliphatic heterocycles. The molecule has 1 saturated heterocycles. The molecule has 1 aromatic rings. The zero-order chi connectivity index (χ0) is 20.9. The summed E-state index contributed by atoms with van der Waals surface area (Å²) >= 11 is 0. The van der Waals surface area contributed by atoms with Crippen LogP contribution in [-0.4, -0.2) is 82.4 Å². The lowest BCUT2D eigenvalue weighted by molar-refractivity contribution is -0.139. The van der Waals surface area contributed by atoms with Gasteiger partial charge in [0.2, 0.25) is 10.0 Å². The monoisotopic (exact) mass is 413 g/mol. The first-order chi connectivity index (χ1) is 13.1. The Hall–Kier alpha value is -2.49. The van der Waals surface area contributed by atoms with Crippen molar-refractivity contribution in [3.8, 4) is 5.75 Å². The number of ether oxygens (including phenoxy) is 2. The minimum atomic E-state index is -3.34. The Balaban J connectivity index is 1.90. The summed E-state index contributed by atoms with van der Waals surface area (Å²) in [6.45, 7) is 5.42. The molecule has 1 aromatic carbocycles. The Morgan fingerprint density at radius 1 is 1.11 bits per heavy atom. The number of hydrogen-bond acceptors (Lipinski definition) is 6. The van der Waals surface area contributed by atoms with Crippen molar-refractivity contribution in [3.63, 3.8) is 0 Å². The molecule has 10 heteroatoms. The number of piperazine rings is 1. The fourth-order valence-electron chi connectivity index (χ4n) is 2.76. The zero-order valence-corrected chi connectivity index (χ0v) is 17.4. The van der Waals surface area contributed by atoms with Gasteiger partial charge in [-0.1, -0.05) is 0 Å². The van der Waals surface area contributed by atoms with Gasteiger partial charge < -0.3 is 19.3 Å². The maximum atomic E-state index is 12.6. The highest BCUT2D eigenvalue weighted by atomic mass is 32.2. The van der Waals surface area contributed by atoms with Gasteiger partial charge in [-0.15, -0.1) is 0 Å². The van der Waals surface area contributed by atoms with E-state index < -0.39 is 16.1 Å². The summed E-state index contributed by atoms with van der Waals surface area (Å²) in [4.78, 5) is 27.5. The van der Waals surface area contributed by atoms with Crippen LogP contribution in [0, 0.1) is 0 Å². The lowest BCUT2D eigenvalue weighted by Gasteiger charge is -2.35. The summed E-state index contributed by atoms with van der Waals surface area (Å²) < 4.78 is 35.0. The molecular formula is C18H27N3O6S. The number of rotatable bonds is 6. The number of hydrogen-bond donors (Lipinski definition) is 0. The first-order valence-corrected chi connectivity index (χ1v) is 10.9. The molecule has 0 N–H and O–H groups in total. The lowest BCUT2D eigenvalue weighted by Crippen LogP contribution is -2.53. The maximum absolute atomic E-state index is 12.6. The number of amides is 2. The standard InChI is InChI=1S/C18H27N3O6S/c1-5-26-18(23)21-12-10-20(11-13-21)17(22)14(2)27-16-8-6-15(7-9-16)19(3)28(4,24)25/h6-9,14H,5,10-13H2,1-4H3/t14-/m1/s1.